The molecule has 2 fully saturated rings. The fraction of sp³-hybridized carbons (Fsp3) is 0.375. The number of aldehydes is 1. The number of allylic oxidation sites excluding steroid dienone is 2. The Morgan fingerprint density at radius 1 is 1.31 bits per heavy atom. The molecule has 3 aliphatic heterocycles. The molecule has 3 aromatic rings. The second-order valence-corrected chi connectivity index (χ2v) is 11.7. The highest BCUT2D eigenvalue weighted by atomic mass is 16.5. The maximum Gasteiger partial charge on any atom is 0.219 e. The van der Waals surface area contributed by atoms with Crippen molar-refractivity contribution >= 4 is 28.7 Å². The van der Waals surface area contributed by atoms with Crippen LogP contribution in [-0.2, 0) is 17.3 Å². The minimum atomic E-state index is -0.405. The van der Waals surface area contributed by atoms with Crippen molar-refractivity contribution in [3.05, 3.63) is 76.1 Å². The molecule has 4 aliphatic rings. The van der Waals surface area contributed by atoms with Crippen LogP contribution in [-0.4, -0.2) is 59.0 Å². The van der Waals surface area contributed by atoms with E-state index in [-0.39, 0.29) is 23.5 Å². The summed E-state index contributed by atoms with van der Waals surface area (Å²) in [6.45, 7) is 6.05. The number of para-hydroxylation sites is 1. The molecule has 7 nitrogen and oxygen atoms in total. The number of fused-ring (bicyclic) bond motifs is 3. The second-order valence-electron chi connectivity index (χ2n) is 11.7. The van der Waals surface area contributed by atoms with Crippen molar-refractivity contribution in [1.29, 1.82) is 0 Å². The molecule has 1 spiro atoms. The summed E-state index contributed by atoms with van der Waals surface area (Å²) in [5.74, 6) is 1.12. The van der Waals surface area contributed by atoms with Crippen molar-refractivity contribution in [1.82, 2.24) is 4.57 Å². The van der Waals surface area contributed by atoms with Gasteiger partial charge in [0, 0.05) is 53.7 Å². The molecule has 1 unspecified atom stereocenters. The lowest BCUT2D eigenvalue weighted by Gasteiger charge is -2.53. The number of benzene rings is 2. The van der Waals surface area contributed by atoms with Gasteiger partial charge in [0.05, 0.1) is 30.3 Å². The molecule has 7 heteroatoms. The van der Waals surface area contributed by atoms with Gasteiger partial charge in [-0.15, -0.1) is 0 Å². The van der Waals surface area contributed by atoms with Gasteiger partial charge in [-0.3, -0.25) is 9.59 Å². The molecule has 4 heterocycles. The Morgan fingerprint density at radius 2 is 2.13 bits per heavy atom. The summed E-state index contributed by atoms with van der Waals surface area (Å²) in [7, 11) is 3.66. The van der Waals surface area contributed by atoms with Gasteiger partial charge in [-0.1, -0.05) is 18.2 Å². The first kappa shape index (κ1) is 24.2. The van der Waals surface area contributed by atoms with Crippen molar-refractivity contribution in [3.8, 4) is 11.5 Å². The Bertz CT molecular complexity index is 1660. The van der Waals surface area contributed by atoms with E-state index in [0.717, 1.165) is 77.0 Å². The van der Waals surface area contributed by atoms with Gasteiger partial charge in [-0.2, -0.15) is 0 Å². The molecule has 39 heavy (non-hydrogen) atoms. The zero-order chi connectivity index (χ0) is 27.3. The van der Waals surface area contributed by atoms with E-state index in [1.807, 2.05) is 45.2 Å². The van der Waals surface area contributed by atoms with Crippen LogP contribution in [0.1, 0.15) is 41.4 Å². The number of anilines is 1. The van der Waals surface area contributed by atoms with Crippen LogP contribution in [0.4, 0.5) is 5.69 Å². The van der Waals surface area contributed by atoms with Crippen LogP contribution in [0, 0.1) is 12.8 Å². The van der Waals surface area contributed by atoms with E-state index in [1.54, 1.807) is 13.2 Å². The number of aromatic hydroxyl groups is 1. The van der Waals surface area contributed by atoms with Crippen LogP contribution >= 0.6 is 0 Å². The van der Waals surface area contributed by atoms with Crippen LogP contribution in [0.15, 0.2) is 59.3 Å². The number of ether oxygens (including phenoxy) is 1. The Kier molecular flexibility index (Phi) is 5.02. The minimum Gasteiger partial charge on any atom is -0.506 e. The molecule has 2 bridgehead atoms. The number of rotatable bonds is 5. The van der Waals surface area contributed by atoms with Gasteiger partial charge < -0.3 is 24.2 Å². The third kappa shape index (κ3) is 2.91. The Labute approximate surface area is 228 Å². The third-order valence-corrected chi connectivity index (χ3v) is 10.4. The first-order valence-corrected chi connectivity index (χ1v) is 13.8. The summed E-state index contributed by atoms with van der Waals surface area (Å²) >= 11 is 0. The van der Waals surface area contributed by atoms with Crippen molar-refractivity contribution in [2.75, 3.05) is 32.1 Å². The number of methoxy groups -OCH3 is 1. The van der Waals surface area contributed by atoms with Crippen molar-refractivity contribution in [3.63, 3.8) is 0 Å². The predicted molar refractivity (Wildman–Crippen MR) is 150 cm³/mol. The Morgan fingerprint density at radius 3 is 2.87 bits per heavy atom. The van der Waals surface area contributed by atoms with E-state index in [9.17, 15) is 14.7 Å². The fourth-order valence-electron chi connectivity index (χ4n) is 8.58. The van der Waals surface area contributed by atoms with Gasteiger partial charge in [0.25, 0.3) is 0 Å². The molecule has 200 valence electrons. The lowest BCUT2D eigenvalue weighted by atomic mass is 9.61. The summed E-state index contributed by atoms with van der Waals surface area (Å²) in [6.07, 6.45) is 4.82. The second kappa shape index (κ2) is 8.09. The largest absolute Gasteiger partial charge is 0.506 e. The lowest BCUT2D eigenvalue weighted by Crippen LogP contribution is -2.64. The number of aryl methyl sites for hydroxylation is 1. The van der Waals surface area contributed by atoms with Crippen molar-refractivity contribution in [2.45, 2.75) is 38.1 Å². The highest BCUT2D eigenvalue weighted by Crippen LogP contribution is 2.64. The highest BCUT2D eigenvalue weighted by molar-refractivity contribution is 6.10. The van der Waals surface area contributed by atoms with Crippen molar-refractivity contribution < 1.29 is 23.9 Å². The first-order valence-electron chi connectivity index (χ1n) is 13.8. The number of phenols is 1. The zero-order valence-electron chi connectivity index (χ0n) is 22.9. The smallest absolute Gasteiger partial charge is 0.219 e. The number of carbonyl (C=O) groups excluding carboxylic acids is 2. The molecular weight excluding hydrogens is 490 g/mol. The fourth-order valence-corrected chi connectivity index (χ4v) is 8.58. The van der Waals surface area contributed by atoms with Crippen LogP contribution in [0.2, 0.25) is 0 Å². The van der Waals surface area contributed by atoms with Gasteiger partial charge in [-0.25, -0.2) is 0 Å². The molecule has 0 amide bonds. The molecule has 0 saturated carbocycles. The number of Topliss-reactive ketones (excluding diaryl/α,β-unsaturated/α-hetero) is 1. The van der Waals surface area contributed by atoms with Gasteiger partial charge in [0.15, 0.2) is 0 Å². The van der Waals surface area contributed by atoms with E-state index in [1.165, 1.54) is 5.57 Å². The zero-order valence-corrected chi connectivity index (χ0v) is 22.9. The number of piperidine rings is 1. The predicted octanol–water partition coefficient (Wildman–Crippen LogP) is 4.77. The number of quaternary nitrogens is 1. The molecule has 2 aromatic carbocycles. The number of nitrogens with zero attached hydrogens (tertiary/aromatic N) is 2. The highest BCUT2D eigenvalue weighted by Gasteiger charge is 2.69. The molecule has 7 rings (SSSR count). The average molecular weight is 525 g/mol. The normalized spacial score (nSPS) is 29.4. The molecule has 0 radical (unpaired) electrons. The number of carbonyl (C=O) groups is 2. The number of hydrogen-bond donors (Lipinski definition) is 2. The topological polar surface area (TPSA) is 80.6 Å². The molecule has 2 saturated heterocycles. The number of aromatic nitrogens is 1. The summed E-state index contributed by atoms with van der Waals surface area (Å²) in [6, 6.07) is 11.7. The van der Waals surface area contributed by atoms with E-state index in [2.05, 4.69) is 22.0 Å². The van der Waals surface area contributed by atoms with Crippen molar-refractivity contribution in [2.24, 2.45) is 13.0 Å². The Hall–Kier alpha value is -3.84. The van der Waals surface area contributed by atoms with Crippen LogP contribution < -0.4 is 10.1 Å². The lowest BCUT2D eigenvalue weighted by molar-refractivity contribution is -0.934. The summed E-state index contributed by atoms with van der Waals surface area (Å²) in [5.41, 5.74) is 7.08. The SMILES string of the molecule is C/C=C1/C[N+]2(CC(=O)c3c(C)n(C)c4ccc(OC)cc34)CC[C@]34C(=C(C=O)[C@H]1C[C@@H]32)Nc1c(O)cccc14. The van der Waals surface area contributed by atoms with Gasteiger partial charge in [-0.05, 0) is 49.2 Å². The molecule has 4 atom stereocenters. The van der Waals surface area contributed by atoms with Crippen LogP contribution in [0.5, 0.6) is 11.5 Å². The van der Waals surface area contributed by atoms with E-state index >= 15 is 0 Å². The van der Waals surface area contributed by atoms with Crippen LogP contribution in [0.25, 0.3) is 10.9 Å². The van der Waals surface area contributed by atoms with Crippen LogP contribution in [0.3, 0.4) is 0 Å². The van der Waals surface area contributed by atoms with Gasteiger partial charge >= 0.3 is 0 Å². The maximum atomic E-state index is 14.4. The standard InChI is InChI=1S/C32H33N3O4/c1-5-19-15-35(16-27(38)29-18(2)34(3)25-10-9-20(39-4)13-22(25)29)12-11-32-24-7-6-8-26(37)30(24)33-31(32)23(17-36)21(19)14-28(32)35/h5-10,13,17,21,28H,11-12,14-16H2,1-4H3,(H-,33,36,37)/p+1/b19-5-/t21-,28-,32+,35?/m0/s1. The molecule has 2 N–H and O–H groups in total. The monoisotopic (exact) mass is 524 g/mol. The summed E-state index contributed by atoms with van der Waals surface area (Å²) in [4.78, 5) is 27.0. The van der Waals surface area contributed by atoms with E-state index in [4.69, 9.17) is 4.74 Å². The number of phenolic OH excluding ortho intramolecular Hbond substituents is 1. The summed E-state index contributed by atoms with van der Waals surface area (Å²) in [5, 5.41) is 15.2. The van der Waals surface area contributed by atoms with Gasteiger partial charge in [0.2, 0.25) is 5.78 Å². The number of ketones is 1. The first-order chi connectivity index (χ1) is 18.8. The quantitative estimate of drug-likeness (QED) is 0.165. The third-order valence-electron chi connectivity index (χ3n) is 10.4. The Balaban J connectivity index is 1.39. The average Bonchev–Trinajstić information content (AvgIpc) is 3.55. The maximum absolute atomic E-state index is 14.4. The number of nitrogens with one attached hydrogen (secondary N) is 1. The van der Waals surface area contributed by atoms with Gasteiger partial charge in [0.1, 0.15) is 36.9 Å². The van der Waals surface area contributed by atoms with E-state index < -0.39 is 5.41 Å². The molecule has 1 aliphatic carbocycles. The molecular formula is C32H34N3O4+. The number of hydrogen-bond acceptors (Lipinski definition) is 5. The summed E-state index contributed by atoms with van der Waals surface area (Å²) < 4.78 is 8.26. The molecule has 1 aromatic heterocycles. The van der Waals surface area contributed by atoms with E-state index in [0.29, 0.717) is 16.7 Å². The minimum absolute atomic E-state index is 0.0348.